The van der Waals surface area contributed by atoms with Crippen molar-refractivity contribution in [2.24, 2.45) is 5.41 Å². The maximum Gasteiger partial charge on any atom is 0.0992 e. The van der Waals surface area contributed by atoms with E-state index in [0.717, 1.165) is 36.8 Å². The third kappa shape index (κ3) is 2.25. The number of rotatable bonds is 3. The highest BCUT2D eigenvalue weighted by Gasteiger charge is 2.41. The van der Waals surface area contributed by atoms with Gasteiger partial charge in [0.05, 0.1) is 30.2 Å². The van der Waals surface area contributed by atoms with Gasteiger partial charge in [0.1, 0.15) is 0 Å². The zero-order valence-corrected chi connectivity index (χ0v) is 13.1. The van der Waals surface area contributed by atoms with E-state index in [9.17, 15) is 10.2 Å². The Morgan fingerprint density at radius 3 is 2.68 bits per heavy atom. The summed E-state index contributed by atoms with van der Waals surface area (Å²) in [5.74, 6) is 0.599. The van der Waals surface area contributed by atoms with Crippen molar-refractivity contribution in [1.29, 1.82) is 0 Å². The molecule has 0 amide bonds. The van der Waals surface area contributed by atoms with Gasteiger partial charge in [-0.15, -0.1) is 0 Å². The van der Waals surface area contributed by atoms with Gasteiger partial charge in [-0.1, -0.05) is 6.92 Å². The first-order valence-electron chi connectivity index (χ1n) is 8.39. The lowest BCUT2D eigenvalue weighted by Gasteiger charge is -2.40. The average molecular weight is 300 g/mol. The van der Waals surface area contributed by atoms with Crippen molar-refractivity contribution in [2.75, 3.05) is 0 Å². The van der Waals surface area contributed by atoms with Crippen LogP contribution in [0.1, 0.15) is 68.6 Å². The molecule has 0 unspecified atom stereocenters. The van der Waals surface area contributed by atoms with Crippen LogP contribution < -0.4 is 0 Å². The van der Waals surface area contributed by atoms with E-state index in [1.807, 2.05) is 10.6 Å². The minimum Gasteiger partial charge on any atom is -0.393 e. The molecule has 22 heavy (non-hydrogen) atoms. The number of nitrogens with zero attached hydrogens (tertiary/aromatic N) is 2. The van der Waals surface area contributed by atoms with Crippen LogP contribution in [0.5, 0.6) is 0 Å². The maximum absolute atomic E-state index is 11.2. The largest absolute Gasteiger partial charge is 0.393 e. The van der Waals surface area contributed by atoms with Gasteiger partial charge in [-0.05, 0) is 61.5 Å². The predicted octanol–water partition coefficient (Wildman–Crippen LogP) is 3.19. The molecule has 0 radical (unpaired) electrons. The van der Waals surface area contributed by atoms with Crippen molar-refractivity contribution >= 4 is 5.52 Å². The molecule has 2 aliphatic rings. The van der Waals surface area contributed by atoms with Gasteiger partial charge in [0.2, 0.25) is 0 Å². The SMILES string of the molecule is CC1([C@@H](O)c2c(C3CC3)ccn3cncc23)CCC(O)CC1. The van der Waals surface area contributed by atoms with Crippen molar-refractivity contribution in [2.45, 2.75) is 63.6 Å². The van der Waals surface area contributed by atoms with Crippen LogP contribution in [0, 0.1) is 5.41 Å². The van der Waals surface area contributed by atoms with Crippen molar-refractivity contribution < 1.29 is 10.2 Å². The van der Waals surface area contributed by atoms with E-state index < -0.39 is 6.10 Å². The summed E-state index contributed by atoms with van der Waals surface area (Å²) in [5.41, 5.74) is 3.24. The predicted molar refractivity (Wildman–Crippen MR) is 84.7 cm³/mol. The smallest absolute Gasteiger partial charge is 0.0992 e. The second-order valence-electron chi connectivity index (χ2n) is 7.43. The minimum absolute atomic E-state index is 0.158. The summed E-state index contributed by atoms with van der Waals surface area (Å²) in [5, 5.41) is 21.0. The Balaban J connectivity index is 1.78. The summed E-state index contributed by atoms with van der Waals surface area (Å²) in [4.78, 5) is 4.26. The van der Waals surface area contributed by atoms with Gasteiger partial charge >= 0.3 is 0 Å². The molecule has 2 N–H and O–H groups in total. The van der Waals surface area contributed by atoms with E-state index in [0.29, 0.717) is 5.92 Å². The van der Waals surface area contributed by atoms with Gasteiger partial charge in [0, 0.05) is 11.8 Å². The molecule has 0 aliphatic heterocycles. The van der Waals surface area contributed by atoms with Crippen molar-refractivity contribution in [1.82, 2.24) is 9.38 Å². The van der Waals surface area contributed by atoms with Gasteiger partial charge in [-0.3, -0.25) is 0 Å². The van der Waals surface area contributed by atoms with Crippen LogP contribution >= 0.6 is 0 Å². The van der Waals surface area contributed by atoms with E-state index in [2.05, 4.69) is 24.2 Å². The molecule has 0 aromatic carbocycles. The first kappa shape index (κ1) is 14.2. The lowest BCUT2D eigenvalue weighted by atomic mass is 9.68. The van der Waals surface area contributed by atoms with Crippen LogP contribution in [-0.2, 0) is 0 Å². The zero-order chi connectivity index (χ0) is 15.3. The summed E-state index contributed by atoms with van der Waals surface area (Å²) in [6.07, 6.45) is 10.8. The molecule has 1 atom stereocenters. The Kier molecular flexibility index (Phi) is 3.27. The first-order chi connectivity index (χ1) is 10.6. The molecular weight excluding hydrogens is 276 g/mol. The molecule has 2 aromatic heterocycles. The number of hydrogen-bond acceptors (Lipinski definition) is 3. The van der Waals surface area contributed by atoms with E-state index in [-0.39, 0.29) is 11.5 Å². The van der Waals surface area contributed by atoms with E-state index in [1.54, 1.807) is 6.33 Å². The van der Waals surface area contributed by atoms with Crippen molar-refractivity contribution in [3.05, 3.63) is 35.9 Å². The van der Waals surface area contributed by atoms with Gasteiger partial charge in [-0.25, -0.2) is 4.98 Å². The van der Waals surface area contributed by atoms with E-state index in [4.69, 9.17) is 0 Å². The Morgan fingerprint density at radius 2 is 2.00 bits per heavy atom. The summed E-state index contributed by atoms with van der Waals surface area (Å²) in [6, 6.07) is 2.16. The second-order valence-corrected chi connectivity index (χ2v) is 7.43. The topological polar surface area (TPSA) is 57.8 Å². The van der Waals surface area contributed by atoms with Crippen LogP contribution in [0.2, 0.25) is 0 Å². The molecule has 0 spiro atoms. The highest BCUT2D eigenvalue weighted by molar-refractivity contribution is 5.59. The number of aliphatic hydroxyl groups excluding tert-OH is 2. The lowest BCUT2D eigenvalue weighted by Crippen LogP contribution is -2.33. The molecule has 2 heterocycles. The fourth-order valence-electron chi connectivity index (χ4n) is 3.96. The quantitative estimate of drug-likeness (QED) is 0.915. The molecule has 2 fully saturated rings. The highest BCUT2D eigenvalue weighted by Crippen LogP contribution is 2.51. The normalized spacial score (nSPS) is 30.6. The molecule has 118 valence electrons. The number of aromatic nitrogens is 2. The molecule has 0 saturated heterocycles. The number of imidazole rings is 1. The van der Waals surface area contributed by atoms with Gasteiger partial charge in [0.15, 0.2) is 0 Å². The molecular formula is C18H24N2O2. The molecule has 4 rings (SSSR count). The fraction of sp³-hybridized carbons (Fsp3) is 0.611. The monoisotopic (exact) mass is 300 g/mol. The fourth-order valence-corrected chi connectivity index (χ4v) is 3.96. The summed E-state index contributed by atoms with van der Waals surface area (Å²) < 4.78 is 2.01. The first-order valence-corrected chi connectivity index (χ1v) is 8.39. The van der Waals surface area contributed by atoms with Gasteiger partial charge in [0.25, 0.3) is 0 Å². The Labute approximate surface area is 130 Å². The van der Waals surface area contributed by atoms with E-state index >= 15 is 0 Å². The molecule has 2 aliphatic carbocycles. The summed E-state index contributed by atoms with van der Waals surface area (Å²) in [7, 11) is 0. The van der Waals surface area contributed by atoms with Crippen molar-refractivity contribution in [3.8, 4) is 0 Å². The second kappa shape index (κ2) is 5.07. The minimum atomic E-state index is -0.490. The summed E-state index contributed by atoms with van der Waals surface area (Å²) >= 11 is 0. The van der Waals surface area contributed by atoms with Gasteiger partial charge < -0.3 is 14.6 Å². The average Bonchev–Trinajstić information content (AvgIpc) is 3.26. The Morgan fingerprint density at radius 1 is 1.27 bits per heavy atom. The Hall–Kier alpha value is -1.39. The summed E-state index contributed by atoms with van der Waals surface area (Å²) in [6.45, 7) is 2.17. The number of aliphatic hydroxyl groups is 2. The molecule has 2 aromatic rings. The van der Waals surface area contributed by atoms with Crippen LogP contribution in [-0.4, -0.2) is 25.7 Å². The van der Waals surface area contributed by atoms with E-state index in [1.165, 1.54) is 18.4 Å². The van der Waals surface area contributed by atoms with Crippen molar-refractivity contribution in [3.63, 3.8) is 0 Å². The third-order valence-electron chi connectivity index (χ3n) is 5.72. The Bertz CT molecular complexity index is 681. The molecule has 4 nitrogen and oxygen atoms in total. The molecule has 2 saturated carbocycles. The molecule has 0 bridgehead atoms. The highest BCUT2D eigenvalue weighted by atomic mass is 16.3. The van der Waals surface area contributed by atoms with Crippen LogP contribution in [0.4, 0.5) is 0 Å². The third-order valence-corrected chi connectivity index (χ3v) is 5.72. The van der Waals surface area contributed by atoms with Crippen LogP contribution in [0.25, 0.3) is 5.52 Å². The number of pyridine rings is 1. The van der Waals surface area contributed by atoms with Crippen LogP contribution in [0.15, 0.2) is 24.8 Å². The number of hydrogen-bond donors (Lipinski definition) is 2. The number of fused-ring (bicyclic) bond motifs is 1. The maximum atomic E-state index is 11.2. The zero-order valence-electron chi connectivity index (χ0n) is 13.1. The molecule has 4 heteroatoms. The van der Waals surface area contributed by atoms with Crippen LogP contribution in [0.3, 0.4) is 0 Å². The van der Waals surface area contributed by atoms with Gasteiger partial charge in [-0.2, -0.15) is 0 Å². The standard InChI is InChI=1S/C18H24N2O2/c1-18(7-4-13(21)5-8-18)17(22)16-14(12-2-3-12)6-9-20-11-19-10-15(16)20/h6,9-13,17,21-22H,2-5,7-8H2,1H3/t13?,17-,18?/m0/s1. The lowest BCUT2D eigenvalue weighted by molar-refractivity contribution is -0.0224.